The maximum absolute atomic E-state index is 12.4. The average molecular weight is 495 g/mol. The summed E-state index contributed by atoms with van der Waals surface area (Å²) in [5.41, 5.74) is 3.47. The van der Waals surface area contributed by atoms with Crippen molar-refractivity contribution in [2.24, 2.45) is 0 Å². The van der Waals surface area contributed by atoms with Crippen molar-refractivity contribution in [2.75, 3.05) is 19.8 Å². The maximum atomic E-state index is 12.4. The predicted octanol–water partition coefficient (Wildman–Crippen LogP) is 4.49. The van der Waals surface area contributed by atoms with Gasteiger partial charge in [0.25, 0.3) is 5.91 Å². The quantitative estimate of drug-likeness (QED) is 0.529. The predicted molar refractivity (Wildman–Crippen MR) is 126 cm³/mol. The van der Waals surface area contributed by atoms with Gasteiger partial charge in [-0.1, -0.05) is 58.4 Å². The van der Waals surface area contributed by atoms with Gasteiger partial charge in [-0.2, -0.15) is 0 Å². The van der Waals surface area contributed by atoms with Gasteiger partial charge in [-0.25, -0.2) is 0 Å². The Balaban J connectivity index is 1.32. The van der Waals surface area contributed by atoms with Crippen molar-refractivity contribution < 1.29 is 19.1 Å². The Bertz CT molecular complexity index is 1120. The molecule has 0 fully saturated rings. The Labute approximate surface area is 195 Å². The van der Waals surface area contributed by atoms with Gasteiger partial charge in [0.1, 0.15) is 13.2 Å². The highest BCUT2D eigenvalue weighted by molar-refractivity contribution is 9.10. The van der Waals surface area contributed by atoms with Crippen LogP contribution in [0.1, 0.15) is 28.9 Å². The van der Waals surface area contributed by atoms with E-state index in [1.807, 2.05) is 61.5 Å². The second kappa shape index (κ2) is 9.87. The number of fused-ring (bicyclic) bond motifs is 1. The zero-order chi connectivity index (χ0) is 22.5. The molecule has 1 heterocycles. The van der Waals surface area contributed by atoms with Crippen LogP contribution in [0.3, 0.4) is 0 Å². The molecule has 0 aliphatic carbocycles. The highest BCUT2D eigenvalue weighted by Gasteiger charge is 2.19. The molecular weight excluding hydrogens is 472 g/mol. The zero-order valence-corrected chi connectivity index (χ0v) is 19.1. The molecule has 0 aromatic heterocycles. The number of hydrogen-bond acceptors (Lipinski definition) is 4. The first-order chi connectivity index (χ1) is 15.5. The van der Waals surface area contributed by atoms with Crippen LogP contribution in [0.25, 0.3) is 11.1 Å². The van der Waals surface area contributed by atoms with Crippen molar-refractivity contribution in [1.29, 1.82) is 0 Å². The SMILES string of the molecule is CC(NC(=O)CNC(=O)c1ccc(-c2ccccc2)cc1)c1cc2c(cc1Br)OCCO2. The van der Waals surface area contributed by atoms with Crippen molar-refractivity contribution >= 4 is 27.7 Å². The minimum absolute atomic E-state index is 0.119. The smallest absolute Gasteiger partial charge is 0.251 e. The number of hydrogen-bond donors (Lipinski definition) is 2. The van der Waals surface area contributed by atoms with Crippen LogP contribution in [0.4, 0.5) is 0 Å². The van der Waals surface area contributed by atoms with Gasteiger partial charge >= 0.3 is 0 Å². The second-order valence-electron chi connectivity index (χ2n) is 7.43. The second-order valence-corrected chi connectivity index (χ2v) is 8.29. The van der Waals surface area contributed by atoms with Gasteiger partial charge in [-0.3, -0.25) is 9.59 Å². The van der Waals surface area contributed by atoms with Crippen LogP contribution in [-0.4, -0.2) is 31.6 Å². The molecule has 1 aliphatic heterocycles. The number of benzene rings is 3. The van der Waals surface area contributed by atoms with Crippen LogP contribution in [0.5, 0.6) is 11.5 Å². The normalized spacial score (nSPS) is 13.2. The molecule has 2 N–H and O–H groups in total. The molecule has 0 spiro atoms. The van der Waals surface area contributed by atoms with Crippen LogP contribution in [0.15, 0.2) is 71.2 Å². The molecule has 1 atom stereocenters. The molecular formula is C25H23BrN2O4. The lowest BCUT2D eigenvalue weighted by molar-refractivity contribution is -0.120. The monoisotopic (exact) mass is 494 g/mol. The highest BCUT2D eigenvalue weighted by atomic mass is 79.9. The molecule has 3 aromatic rings. The molecule has 32 heavy (non-hydrogen) atoms. The summed E-state index contributed by atoms with van der Waals surface area (Å²) in [7, 11) is 0. The molecule has 0 saturated carbocycles. The van der Waals surface area contributed by atoms with Gasteiger partial charge in [-0.15, -0.1) is 0 Å². The molecule has 4 rings (SSSR count). The van der Waals surface area contributed by atoms with Gasteiger partial charge in [0.2, 0.25) is 5.91 Å². The number of nitrogens with one attached hydrogen (secondary N) is 2. The van der Waals surface area contributed by atoms with Gasteiger partial charge in [-0.05, 0) is 47.9 Å². The van der Waals surface area contributed by atoms with Crippen LogP contribution < -0.4 is 20.1 Å². The Morgan fingerprint density at radius 3 is 2.25 bits per heavy atom. The molecule has 0 bridgehead atoms. The first kappa shape index (κ1) is 21.9. The van der Waals surface area contributed by atoms with Gasteiger partial charge < -0.3 is 20.1 Å². The molecule has 0 saturated heterocycles. The lowest BCUT2D eigenvalue weighted by atomic mass is 10.0. The van der Waals surface area contributed by atoms with Gasteiger partial charge in [0, 0.05) is 10.0 Å². The fourth-order valence-electron chi connectivity index (χ4n) is 3.49. The highest BCUT2D eigenvalue weighted by Crippen LogP contribution is 2.37. The van der Waals surface area contributed by atoms with Crippen molar-refractivity contribution in [2.45, 2.75) is 13.0 Å². The summed E-state index contributed by atoms with van der Waals surface area (Å²) in [6, 6.07) is 20.6. The van der Waals surface area contributed by atoms with E-state index in [0.29, 0.717) is 30.3 Å². The minimum atomic E-state index is -0.298. The van der Waals surface area contributed by atoms with E-state index < -0.39 is 0 Å². The first-order valence-corrected chi connectivity index (χ1v) is 11.1. The standard InChI is InChI=1S/C25H23BrN2O4/c1-16(20-13-22-23(14-21(20)26)32-12-11-31-22)28-24(29)15-27-25(30)19-9-7-18(8-10-19)17-5-3-2-4-6-17/h2-10,13-14,16H,11-12,15H2,1H3,(H,27,30)(H,28,29). The summed E-state index contributed by atoms with van der Waals surface area (Å²) in [6.07, 6.45) is 0. The average Bonchev–Trinajstić information content (AvgIpc) is 2.82. The van der Waals surface area contributed by atoms with E-state index in [-0.39, 0.29) is 24.4 Å². The molecule has 1 aliphatic rings. The largest absolute Gasteiger partial charge is 0.486 e. The summed E-state index contributed by atoms with van der Waals surface area (Å²) < 4.78 is 12.0. The van der Waals surface area contributed by atoms with E-state index in [2.05, 4.69) is 26.6 Å². The van der Waals surface area contributed by atoms with E-state index in [4.69, 9.17) is 9.47 Å². The number of halogens is 1. The van der Waals surface area contributed by atoms with E-state index in [1.165, 1.54) is 0 Å². The molecule has 6 nitrogen and oxygen atoms in total. The van der Waals surface area contributed by atoms with Crippen molar-refractivity contribution in [1.82, 2.24) is 10.6 Å². The minimum Gasteiger partial charge on any atom is -0.486 e. The van der Waals surface area contributed by atoms with Crippen LogP contribution in [0.2, 0.25) is 0 Å². The third-order valence-corrected chi connectivity index (χ3v) is 5.86. The summed E-state index contributed by atoms with van der Waals surface area (Å²) in [5.74, 6) is 0.750. The topological polar surface area (TPSA) is 76.7 Å². The van der Waals surface area contributed by atoms with Crippen LogP contribution in [-0.2, 0) is 4.79 Å². The molecule has 2 amide bonds. The Morgan fingerprint density at radius 2 is 1.56 bits per heavy atom. The fourth-order valence-corrected chi connectivity index (χ4v) is 4.15. The number of ether oxygens (including phenoxy) is 2. The number of carbonyl (C=O) groups excluding carboxylic acids is 2. The third-order valence-electron chi connectivity index (χ3n) is 5.17. The molecule has 3 aromatic carbocycles. The number of rotatable bonds is 6. The van der Waals surface area contributed by atoms with Crippen LogP contribution in [0, 0.1) is 0 Å². The summed E-state index contributed by atoms with van der Waals surface area (Å²) in [6.45, 7) is 2.76. The van der Waals surface area contributed by atoms with Crippen molar-refractivity contribution in [3.8, 4) is 22.6 Å². The number of carbonyl (C=O) groups is 2. The van der Waals surface area contributed by atoms with E-state index in [9.17, 15) is 9.59 Å². The Morgan fingerprint density at radius 1 is 0.938 bits per heavy atom. The van der Waals surface area contributed by atoms with E-state index in [0.717, 1.165) is 21.2 Å². The van der Waals surface area contributed by atoms with E-state index >= 15 is 0 Å². The van der Waals surface area contributed by atoms with Crippen LogP contribution >= 0.6 is 15.9 Å². The zero-order valence-electron chi connectivity index (χ0n) is 17.6. The fraction of sp³-hybridized carbons (Fsp3) is 0.200. The maximum Gasteiger partial charge on any atom is 0.251 e. The van der Waals surface area contributed by atoms with Gasteiger partial charge in [0.15, 0.2) is 11.5 Å². The summed E-state index contributed by atoms with van der Waals surface area (Å²) >= 11 is 3.52. The molecule has 164 valence electrons. The lowest BCUT2D eigenvalue weighted by Gasteiger charge is -2.22. The summed E-state index contributed by atoms with van der Waals surface area (Å²) in [5, 5.41) is 5.57. The molecule has 1 unspecified atom stereocenters. The van der Waals surface area contributed by atoms with Gasteiger partial charge in [0.05, 0.1) is 12.6 Å². The van der Waals surface area contributed by atoms with Crippen molar-refractivity contribution in [3.05, 3.63) is 82.3 Å². The summed E-state index contributed by atoms with van der Waals surface area (Å²) in [4.78, 5) is 24.8. The lowest BCUT2D eigenvalue weighted by Crippen LogP contribution is -2.38. The van der Waals surface area contributed by atoms with Crippen molar-refractivity contribution in [3.63, 3.8) is 0 Å². The molecule has 0 radical (unpaired) electrons. The number of amides is 2. The third kappa shape index (κ3) is 5.11. The Kier molecular flexibility index (Phi) is 6.75. The first-order valence-electron chi connectivity index (χ1n) is 10.3. The molecule has 7 heteroatoms. The Hall–Kier alpha value is -3.32. The van der Waals surface area contributed by atoms with E-state index in [1.54, 1.807) is 12.1 Å².